The molecule has 2 nitrogen and oxygen atoms in total. The highest BCUT2D eigenvalue weighted by Crippen LogP contribution is 2.29. The Morgan fingerprint density at radius 2 is 1.90 bits per heavy atom. The summed E-state index contributed by atoms with van der Waals surface area (Å²) in [4.78, 5) is 7.72. The van der Waals surface area contributed by atoms with Gasteiger partial charge in [0.25, 0.3) is 0 Å². The second-order valence-electron chi connectivity index (χ2n) is 4.64. The van der Waals surface area contributed by atoms with Crippen molar-refractivity contribution < 1.29 is 0 Å². The molecule has 0 aliphatic rings. The number of aromatic amines is 1. The lowest BCUT2D eigenvalue weighted by Crippen LogP contribution is -1.92. The zero-order chi connectivity index (χ0) is 14.8. The van der Waals surface area contributed by atoms with Gasteiger partial charge in [-0.15, -0.1) is 0 Å². The van der Waals surface area contributed by atoms with Gasteiger partial charge in [-0.1, -0.05) is 57.3 Å². The molecule has 3 rings (SSSR count). The second-order valence-corrected chi connectivity index (χ2v) is 6.33. The summed E-state index contributed by atoms with van der Waals surface area (Å²) >= 11 is 15.8. The van der Waals surface area contributed by atoms with E-state index in [0.29, 0.717) is 10.0 Å². The minimum absolute atomic E-state index is 0.649. The third-order valence-corrected chi connectivity index (χ3v) is 4.50. The summed E-state index contributed by atoms with van der Waals surface area (Å²) in [6, 6.07) is 13.5. The Morgan fingerprint density at radius 1 is 1.10 bits per heavy atom. The van der Waals surface area contributed by atoms with Gasteiger partial charge in [0.05, 0.1) is 16.9 Å². The lowest BCUT2D eigenvalue weighted by atomic mass is 10.1. The molecule has 21 heavy (non-hydrogen) atoms. The molecule has 0 atom stereocenters. The average molecular weight is 382 g/mol. The lowest BCUT2D eigenvalue weighted by molar-refractivity contribution is 1.02. The largest absolute Gasteiger partial charge is 0.342 e. The fraction of sp³-hybridized carbons (Fsp3) is 0.0625. The molecule has 0 spiro atoms. The average Bonchev–Trinajstić information content (AvgIpc) is 2.92. The van der Waals surface area contributed by atoms with Crippen LogP contribution in [0, 0.1) is 0 Å². The molecule has 1 N–H and O–H groups in total. The molecule has 0 amide bonds. The maximum atomic E-state index is 6.21. The molecule has 2 aromatic carbocycles. The standard InChI is InChI=1S/C16H11BrCl2N2/c17-13-4-2-1-3-10(13)7-16-20-9-15(21-16)12-8-11(18)5-6-14(12)19/h1-6,8-9H,7H2,(H,20,21). The van der Waals surface area contributed by atoms with Crippen LogP contribution in [-0.4, -0.2) is 9.97 Å². The number of halogens is 3. The monoisotopic (exact) mass is 380 g/mol. The Balaban J connectivity index is 1.90. The lowest BCUT2D eigenvalue weighted by Gasteiger charge is -2.03. The first-order valence-corrected chi connectivity index (χ1v) is 7.91. The number of aromatic nitrogens is 2. The first-order chi connectivity index (χ1) is 10.1. The molecule has 0 fully saturated rings. The van der Waals surface area contributed by atoms with Crippen molar-refractivity contribution in [1.29, 1.82) is 0 Å². The van der Waals surface area contributed by atoms with Crippen LogP contribution >= 0.6 is 39.1 Å². The van der Waals surface area contributed by atoms with Gasteiger partial charge in [0.2, 0.25) is 0 Å². The van der Waals surface area contributed by atoms with E-state index in [-0.39, 0.29) is 0 Å². The first-order valence-electron chi connectivity index (χ1n) is 6.36. The minimum atomic E-state index is 0.649. The number of nitrogens with one attached hydrogen (secondary N) is 1. The molecule has 0 unspecified atom stereocenters. The Bertz CT molecular complexity index is 783. The van der Waals surface area contributed by atoms with Crippen molar-refractivity contribution in [1.82, 2.24) is 9.97 Å². The van der Waals surface area contributed by atoms with Crippen molar-refractivity contribution in [3.05, 3.63) is 74.6 Å². The van der Waals surface area contributed by atoms with E-state index in [1.54, 1.807) is 18.3 Å². The van der Waals surface area contributed by atoms with E-state index < -0.39 is 0 Å². The van der Waals surface area contributed by atoms with Crippen LogP contribution in [0.25, 0.3) is 11.3 Å². The zero-order valence-corrected chi connectivity index (χ0v) is 14.0. The molecule has 0 bridgehead atoms. The van der Waals surface area contributed by atoms with Crippen LogP contribution in [0.1, 0.15) is 11.4 Å². The van der Waals surface area contributed by atoms with Gasteiger partial charge in [-0.05, 0) is 29.8 Å². The number of nitrogens with zero attached hydrogens (tertiary/aromatic N) is 1. The SMILES string of the molecule is Clc1ccc(Cl)c(-c2cnc(Cc3ccccc3Br)[nH]2)c1. The Hall–Kier alpha value is -1.29. The third kappa shape index (κ3) is 3.31. The van der Waals surface area contributed by atoms with Gasteiger partial charge in [-0.3, -0.25) is 0 Å². The van der Waals surface area contributed by atoms with E-state index >= 15 is 0 Å². The van der Waals surface area contributed by atoms with Crippen molar-refractivity contribution in [2.24, 2.45) is 0 Å². The molecule has 3 aromatic rings. The normalized spacial score (nSPS) is 10.8. The zero-order valence-electron chi connectivity index (χ0n) is 10.9. The molecule has 0 aliphatic carbocycles. The van der Waals surface area contributed by atoms with Gasteiger partial charge in [-0.25, -0.2) is 4.98 Å². The molecule has 5 heteroatoms. The maximum Gasteiger partial charge on any atom is 0.110 e. The summed E-state index contributed by atoms with van der Waals surface area (Å²) in [5.41, 5.74) is 2.90. The highest BCUT2D eigenvalue weighted by molar-refractivity contribution is 9.10. The number of rotatable bonds is 3. The van der Waals surface area contributed by atoms with Crippen molar-refractivity contribution in [2.75, 3.05) is 0 Å². The van der Waals surface area contributed by atoms with Crippen molar-refractivity contribution in [3.63, 3.8) is 0 Å². The van der Waals surface area contributed by atoms with Gasteiger partial charge in [0.1, 0.15) is 5.82 Å². The molecule has 0 saturated carbocycles. The van der Waals surface area contributed by atoms with Gasteiger partial charge in [-0.2, -0.15) is 0 Å². The number of hydrogen-bond donors (Lipinski definition) is 1. The van der Waals surface area contributed by atoms with Crippen molar-refractivity contribution >= 4 is 39.1 Å². The Morgan fingerprint density at radius 3 is 2.71 bits per heavy atom. The highest BCUT2D eigenvalue weighted by Gasteiger charge is 2.09. The predicted molar refractivity (Wildman–Crippen MR) is 91.0 cm³/mol. The van der Waals surface area contributed by atoms with E-state index in [0.717, 1.165) is 28.0 Å². The minimum Gasteiger partial charge on any atom is -0.342 e. The molecular formula is C16H11BrCl2N2. The van der Waals surface area contributed by atoms with E-state index in [1.165, 1.54) is 5.56 Å². The third-order valence-electron chi connectivity index (χ3n) is 3.16. The predicted octanol–water partition coefficient (Wildman–Crippen LogP) is 5.74. The second kappa shape index (κ2) is 6.22. The van der Waals surface area contributed by atoms with Crippen LogP contribution < -0.4 is 0 Å². The quantitative estimate of drug-likeness (QED) is 0.615. The smallest absolute Gasteiger partial charge is 0.110 e. The number of imidazole rings is 1. The van der Waals surface area contributed by atoms with Gasteiger partial charge < -0.3 is 4.98 Å². The molecular weight excluding hydrogens is 371 g/mol. The van der Waals surface area contributed by atoms with Crippen LogP contribution in [0.4, 0.5) is 0 Å². The summed E-state index contributed by atoms with van der Waals surface area (Å²) in [6.45, 7) is 0. The van der Waals surface area contributed by atoms with E-state index in [2.05, 4.69) is 32.0 Å². The van der Waals surface area contributed by atoms with Crippen LogP contribution in [0.3, 0.4) is 0 Å². The summed E-state index contributed by atoms with van der Waals surface area (Å²) in [7, 11) is 0. The Kier molecular flexibility index (Phi) is 4.34. The number of hydrogen-bond acceptors (Lipinski definition) is 1. The molecule has 0 saturated heterocycles. The highest BCUT2D eigenvalue weighted by atomic mass is 79.9. The summed E-state index contributed by atoms with van der Waals surface area (Å²) in [6.07, 6.45) is 2.50. The van der Waals surface area contributed by atoms with Gasteiger partial charge in [0.15, 0.2) is 0 Å². The van der Waals surface area contributed by atoms with Crippen LogP contribution in [-0.2, 0) is 6.42 Å². The molecule has 0 radical (unpaired) electrons. The Labute approximate surface area is 141 Å². The maximum absolute atomic E-state index is 6.21. The van der Waals surface area contributed by atoms with Gasteiger partial charge >= 0.3 is 0 Å². The fourth-order valence-electron chi connectivity index (χ4n) is 2.12. The number of H-pyrrole nitrogens is 1. The first kappa shape index (κ1) is 14.6. The fourth-order valence-corrected chi connectivity index (χ4v) is 2.93. The van der Waals surface area contributed by atoms with Crippen molar-refractivity contribution in [3.8, 4) is 11.3 Å². The summed E-state index contributed by atoms with van der Waals surface area (Å²) < 4.78 is 1.07. The summed E-state index contributed by atoms with van der Waals surface area (Å²) in [5.74, 6) is 0.882. The molecule has 1 heterocycles. The number of benzene rings is 2. The van der Waals surface area contributed by atoms with Crippen molar-refractivity contribution in [2.45, 2.75) is 6.42 Å². The topological polar surface area (TPSA) is 28.7 Å². The van der Waals surface area contributed by atoms with Crippen LogP contribution in [0.15, 0.2) is 53.1 Å². The van der Waals surface area contributed by atoms with Crippen LogP contribution in [0.5, 0.6) is 0 Å². The van der Waals surface area contributed by atoms with E-state index in [4.69, 9.17) is 23.2 Å². The summed E-state index contributed by atoms with van der Waals surface area (Å²) in [5, 5.41) is 1.30. The van der Waals surface area contributed by atoms with E-state index in [1.807, 2.05) is 24.3 Å². The van der Waals surface area contributed by atoms with E-state index in [9.17, 15) is 0 Å². The molecule has 0 aliphatic heterocycles. The molecule has 1 aromatic heterocycles. The molecule has 106 valence electrons. The van der Waals surface area contributed by atoms with Gasteiger partial charge in [0, 0.05) is 21.5 Å². The van der Waals surface area contributed by atoms with Crippen LogP contribution in [0.2, 0.25) is 10.0 Å².